The Balaban J connectivity index is 0.00000312. The van der Waals surface area contributed by atoms with Crippen molar-refractivity contribution < 1.29 is 9.59 Å². The number of nitrogens with one attached hydrogen (secondary N) is 3. The summed E-state index contributed by atoms with van der Waals surface area (Å²) in [6, 6.07) is 0.618. The van der Waals surface area contributed by atoms with Gasteiger partial charge in [0.15, 0.2) is 5.96 Å². The first kappa shape index (κ1) is 22.0. The zero-order valence-corrected chi connectivity index (χ0v) is 17.7. The van der Waals surface area contributed by atoms with E-state index in [1.54, 1.807) is 14.0 Å². The Hall–Kier alpha value is -1.06. The molecule has 2 aliphatic rings. The molecule has 0 bridgehead atoms. The third-order valence-corrected chi connectivity index (χ3v) is 4.89. The number of halogens is 1. The predicted molar refractivity (Wildman–Crippen MR) is 110 cm³/mol. The van der Waals surface area contributed by atoms with E-state index in [1.807, 2.05) is 4.90 Å². The van der Waals surface area contributed by atoms with Crippen LogP contribution >= 0.6 is 24.0 Å². The Labute approximate surface area is 167 Å². The molecule has 3 N–H and O–H groups in total. The van der Waals surface area contributed by atoms with E-state index in [0.717, 1.165) is 38.8 Å². The maximum atomic E-state index is 12.0. The van der Waals surface area contributed by atoms with Crippen LogP contribution in [0.4, 0.5) is 0 Å². The summed E-state index contributed by atoms with van der Waals surface area (Å²) < 4.78 is 0. The topological polar surface area (TPSA) is 85.8 Å². The molecule has 0 atom stereocenters. The molecule has 0 unspecified atom stereocenters. The monoisotopic (exact) mass is 465 g/mol. The lowest BCUT2D eigenvalue weighted by atomic mass is 9.95. The van der Waals surface area contributed by atoms with Gasteiger partial charge in [-0.3, -0.25) is 14.6 Å². The number of carbonyl (C=O) groups is 2. The van der Waals surface area contributed by atoms with Crippen LogP contribution < -0.4 is 16.0 Å². The van der Waals surface area contributed by atoms with Gasteiger partial charge in [0.1, 0.15) is 0 Å². The van der Waals surface area contributed by atoms with Crippen molar-refractivity contribution in [2.24, 2.45) is 4.99 Å². The minimum atomic E-state index is 0. The summed E-state index contributed by atoms with van der Waals surface area (Å²) >= 11 is 0. The van der Waals surface area contributed by atoms with Gasteiger partial charge in [-0.1, -0.05) is 19.3 Å². The van der Waals surface area contributed by atoms with Crippen LogP contribution in [-0.2, 0) is 9.59 Å². The number of aliphatic imine (C=N–C) groups is 1. The Kier molecular flexibility index (Phi) is 10.1. The largest absolute Gasteiger partial charge is 0.354 e. The molecule has 1 saturated carbocycles. The molecule has 2 fully saturated rings. The molecule has 0 radical (unpaired) electrons. The van der Waals surface area contributed by atoms with Crippen molar-refractivity contribution in [3.8, 4) is 0 Å². The molecule has 0 aromatic rings. The molecule has 1 aliphatic heterocycles. The van der Waals surface area contributed by atoms with E-state index >= 15 is 0 Å². The van der Waals surface area contributed by atoms with Gasteiger partial charge >= 0.3 is 0 Å². The number of likely N-dealkylation sites (tertiary alicyclic amines) is 1. The van der Waals surface area contributed by atoms with E-state index in [-0.39, 0.29) is 48.4 Å². The second-order valence-electron chi connectivity index (χ2n) is 6.75. The second-order valence-corrected chi connectivity index (χ2v) is 6.75. The van der Waals surface area contributed by atoms with Gasteiger partial charge in [-0.2, -0.15) is 0 Å². The molecular weight excluding hydrogens is 433 g/mol. The molecule has 0 spiro atoms. The Morgan fingerprint density at radius 2 is 1.60 bits per heavy atom. The van der Waals surface area contributed by atoms with Gasteiger partial charge in [-0.15, -0.1) is 24.0 Å². The molecule has 1 heterocycles. The summed E-state index contributed by atoms with van der Waals surface area (Å²) in [5.41, 5.74) is 0. The highest BCUT2D eigenvalue weighted by Crippen LogP contribution is 2.17. The number of carbonyl (C=O) groups excluding carboxylic acids is 2. The maximum absolute atomic E-state index is 12.0. The van der Waals surface area contributed by atoms with Gasteiger partial charge in [0.05, 0.1) is 6.54 Å². The molecule has 0 aromatic carbocycles. The van der Waals surface area contributed by atoms with Gasteiger partial charge in [-0.05, 0) is 25.7 Å². The van der Waals surface area contributed by atoms with Crippen molar-refractivity contribution in [2.45, 2.75) is 64.0 Å². The lowest BCUT2D eigenvalue weighted by molar-refractivity contribution is -0.129. The standard InChI is InChI=1S/C17H31N5O2.HI/c1-13(23)22-10-8-15(9-11-22)21-17(18-2)19-12-16(24)20-14-6-4-3-5-7-14;/h14-15H,3-12H2,1-2H3,(H,20,24)(H2,18,19,21);1H. The van der Waals surface area contributed by atoms with Crippen LogP contribution in [0.2, 0.25) is 0 Å². The maximum Gasteiger partial charge on any atom is 0.239 e. The third kappa shape index (κ3) is 7.79. The van der Waals surface area contributed by atoms with Gasteiger partial charge in [0.25, 0.3) is 0 Å². The van der Waals surface area contributed by atoms with E-state index in [1.165, 1.54) is 19.3 Å². The number of rotatable bonds is 4. The quantitative estimate of drug-likeness (QED) is 0.331. The first-order valence-electron chi connectivity index (χ1n) is 9.10. The number of piperidine rings is 1. The molecule has 1 saturated heterocycles. The van der Waals surface area contributed by atoms with Crippen LogP contribution in [0.3, 0.4) is 0 Å². The normalized spacial score (nSPS) is 19.8. The number of guanidine groups is 1. The van der Waals surface area contributed by atoms with Crippen LogP contribution in [0.5, 0.6) is 0 Å². The van der Waals surface area contributed by atoms with E-state index in [0.29, 0.717) is 12.0 Å². The zero-order valence-electron chi connectivity index (χ0n) is 15.3. The fourth-order valence-corrected chi connectivity index (χ4v) is 3.42. The Morgan fingerprint density at radius 1 is 1.00 bits per heavy atom. The van der Waals surface area contributed by atoms with Crippen molar-refractivity contribution in [3.63, 3.8) is 0 Å². The summed E-state index contributed by atoms with van der Waals surface area (Å²) in [6.45, 7) is 3.39. The molecule has 8 heteroatoms. The summed E-state index contributed by atoms with van der Waals surface area (Å²) in [4.78, 5) is 29.4. The highest BCUT2D eigenvalue weighted by Gasteiger charge is 2.21. The smallest absolute Gasteiger partial charge is 0.239 e. The fraction of sp³-hybridized carbons (Fsp3) is 0.824. The lowest BCUT2D eigenvalue weighted by Gasteiger charge is -2.32. The highest BCUT2D eigenvalue weighted by atomic mass is 127. The summed E-state index contributed by atoms with van der Waals surface area (Å²) in [5, 5.41) is 9.52. The van der Waals surface area contributed by atoms with E-state index < -0.39 is 0 Å². The second kappa shape index (κ2) is 11.5. The van der Waals surface area contributed by atoms with Gasteiger partial charge in [-0.25, -0.2) is 0 Å². The minimum Gasteiger partial charge on any atom is -0.354 e. The van der Waals surface area contributed by atoms with Gasteiger partial charge < -0.3 is 20.9 Å². The molecule has 1 aliphatic carbocycles. The number of hydrogen-bond acceptors (Lipinski definition) is 3. The molecule has 144 valence electrons. The number of amides is 2. The van der Waals surface area contributed by atoms with E-state index in [9.17, 15) is 9.59 Å². The molecule has 7 nitrogen and oxygen atoms in total. The molecule has 2 rings (SSSR count). The summed E-state index contributed by atoms with van der Waals surface area (Å²) in [5.74, 6) is 0.807. The lowest BCUT2D eigenvalue weighted by Crippen LogP contribution is -2.51. The van der Waals surface area contributed by atoms with Crippen molar-refractivity contribution in [2.75, 3.05) is 26.7 Å². The van der Waals surface area contributed by atoms with Crippen molar-refractivity contribution in [3.05, 3.63) is 0 Å². The Morgan fingerprint density at radius 3 is 2.16 bits per heavy atom. The average molecular weight is 465 g/mol. The first-order valence-corrected chi connectivity index (χ1v) is 9.10. The van der Waals surface area contributed by atoms with Crippen LogP contribution in [0.15, 0.2) is 4.99 Å². The van der Waals surface area contributed by atoms with Crippen molar-refractivity contribution in [1.29, 1.82) is 0 Å². The molecule has 0 aromatic heterocycles. The van der Waals surface area contributed by atoms with Crippen LogP contribution in [-0.4, -0.2) is 61.4 Å². The minimum absolute atomic E-state index is 0. The highest BCUT2D eigenvalue weighted by molar-refractivity contribution is 14.0. The molecule has 25 heavy (non-hydrogen) atoms. The predicted octanol–water partition coefficient (Wildman–Crippen LogP) is 1.23. The van der Waals surface area contributed by atoms with Crippen LogP contribution in [0.25, 0.3) is 0 Å². The SMILES string of the molecule is CN=C(NCC(=O)NC1CCCCC1)NC1CCN(C(C)=O)CC1.I. The van der Waals surface area contributed by atoms with Crippen molar-refractivity contribution >= 4 is 41.8 Å². The average Bonchev–Trinajstić information content (AvgIpc) is 2.60. The Bertz CT molecular complexity index is 458. The third-order valence-electron chi connectivity index (χ3n) is 4.89. The fourth-order valence-electron chi connectivity index (χ4n) is 3.42. The number of hydrogen-bond donors (Lipinski definition) is 3. The van der Waals surface area contributed by atoms with Crippen molar-refractivity contribution in [1.82, 2.24) is 20.9 Å². The van der Waals surface area contributed by atoms with E-state index in [2.05, 4.69) is 20.9 Å². The first-order chi connectivity index (χ1) is 11.6. The molecular formula is C17H32IN5O2. The van der Waals surface area contributed by atoms with E-state index in [4.69, 9.17) is 0 Å². The zero-order chi connectivity index (χ0) is 17.4. The number of nitrogens with zero attached hydrogens (tertiary/aromatic N) is 2. The van der Waals surface area contributed by atoms with Gasteiger partial charge in [0, 0.05) is 39.1 Å². The molecule has 2 amide bonds. The summed E-state index contributed by atoms with van der Waals surface area (Å²) in [7, 11) is 1.71. The van der Waals surface area contributed by atoms with Gasteiger partial charge in [0.2, 0.25) is 11.8 Å². The summed E-state index contributed by atoms with van der Waals surface area (Å²) in [6.07, 6.45) is 7.68. The van der Waals surface area contributed by atoms with Crippen LogP contribution in [0.1, 0.15) is 51.9 Å². The van der Waals surface area contributed by atoms with Crippen LogP contribution in [0, 0.1) is 0 Å².